The zero-order valence-electron chi connectivity index (χ0n) is 17.1. The van der Waals surface area contributed by atoms with Crippen molar-refractivity contribution in [1.29, 1.82) is 0 Å². The number of aromatic nitrogens is 3. The largest absolute Gasteiger partial charge is 0.490 e. The minimum atomic E-state index is -1.14. The zero-order chi connectivity index (χ0) is 23.1. The topological polar surface area (TPSA) is 114 Å². The first kappa shape index (κ1) is 20.6. The second kappa shape index (κ2) is 7.99. The second-order valence-electron chi connectivity index (χ2n) is 7.17. The Hall–Kier alpha value is -4.31. The molecule has 0 fully saturated rings. The van der Waals surface area contributed by atoms with Gasteiger partial charge in [-0.05, 0) is 30.3 Å². The highest BCUT2D eigenvalue weighted by atomic mass is 32.1. The molecule has 0 aliphatic carbocycles. The van der Waals surface area contributed by atoms with Crippen molar-refractivity contribution in [3.05, 3.63) is 81.6 Å². The molecule has 10 heteroatoms. The monoisotopic (exact) mass is 460 g/mol. The molecule has 4 aromatic rings. The van der Waals surface area contributed by atoms with E-state index in [0.717, 1.165) is 16.2 Å². The van der Waals surface area contributed by atoms with Crippen LogP contribution in [0.5, 0.6) is 5.75 Å². The standard InChI is InChI=1S/C23H16N4O5S/c1-2-11-32-14-9-7-13(8-10-14)20-24-23-27(25-20)22(31)19(33-23)18-15-5-3-4-6-16(15)26(21(18)30)12-17(28)29/h2-10H,1,11-12H2,(H,28,29)/b19-18+. The molecule has 1 aliphatic heterocycles. The van der Waals surface area contributed by atoms with Crippen LogP contribution in [0.2, 0.25) is 0 Å². The van der Waals surface area contributed by atoms with Crippen LogP contribution in [0.25, 0.3) is 21.9 Å². The number of nitrogens with zero attached hydrogens (tertiary/aromatic N) is 4. The number of rotatable bonds is 6. The lowest BCUT2D eigenvalue weighted by Gasteiger charge is -2.13. The van der Waals surface area contributed by atoms with Gasteiger partial charge in [0, 0.05) is 11.1 Å². The van der Waals surface area contributed by atoms with E-state index in [1.165, 1.54) is 4.52 Å². The number of para-hydroxylation sites is 1. The predicted molar refractivity (Wildman–Crippen MR) is 122 cm³/mol. The third-order valence-electron chi connectivity index (χ3n) is 5.08. The lowest BCUT2D eigenvalue weighted by Crippen LogP contribution is -2.35. The van der Waals surface area contributed by atoms with E-state index in [-0.39, 0.29) is 10.1 Å². The van der Waals surface area contributed by atoms with Gasteiger partial charge >= 0.3 is 5.97 Å². The number of ether oxygens (including phenoxy) is 1. The Labute approximate surface area is 190 Å². The molecule has 164 valence electrons. The molecule has 0 spiro atoms. The third-order valence-corrected chi connectivity index (χ3v) is 6.11. The number of anilines is 1. The van der Waals surface area contributed by atoms with E-state index in [0.29, 0.717) is 40.0 Å². The number of carbonyl (C=O) groups is 2. The van der Waals surface area contributed by atoms with E-state index in [2.05, 4.69) is 16.7 Å². The van der Waals surface area contributed by atoms with Crippen molar-refractivity contribution in [1.82, 2.24) is 14.6 Å². The first-order valence-corrected chi connectivity index (χ1v) is 10.7. The summed E-state index contributed by atoms with van der Waals surface area (Å²) in [6.07, 6.45) is 1.65. The van der Waals surface area contributed by atoms with Crippen LogP contribution in [0.1, 0.15) is 5.56 Å². The van der Waals surface area contributed by atoms with E-state index in [1.54, 1.807) is 54.6 Å². The van der Waals surface area contributed by atoms with Crippen LogP contribution in [-0.4, -0.2) is 44.7 Å². The van der Waals surface area contributed by atoms with Gasteiger partial charge in [0.05, 0.1) is 11.3 Å². The molecule has 5 rings (SSSR count). The van der Waals surface area contributed by atoms with E-state index < -0.39 is 24.0 Å². The van der Waals surface area contributed by atoms with Crippen LogP contribution in [-0.2, 0) is 9.59 Å². The number of aliphatic carboxylic acids is 1. The maximum absolute atomic E-state index is 13.2. The Kier molecular flexibility index (Phi) is 4.98. The Morgan fingerprint density at radius 2 is 1.91 bits per heavy atom. The van der Waals surface area contributed by atoms with Gasteiger partial charge in [0.2, 0.25) is 4.96 Å². The minimum Gasteiger partial charge on any atom is -0.490 e. The van der Waals surface area contributed by atoms with Gasteiger partial charge in [0.1, 0.15) is 23.4 Å². The van der Waals surface area contributed by atoms with E-state index in [9.17, 15) is 19.5 Å². The highest BCUT2D eigenvalue weighted by molar-refractivity contribution is 7.15. The maximum atomic E-state index is 13.2. The summed E-state index contributed by atoms with van der Waals surface area (Å²) >= 11 is 1.05. The van der Waals surface area contributed by atoms with Crippen molar-refractivity contribution < 1.29 is 19.4 Å². The summed E-state index contributed by atoms with van der Waals surface area (Å²) in [7, 11) is 0. The average molecular weight is 460 g/mol. The summed E-state index contributed by atoms with van der Waals surface area (Å²) in [5.41, 5.74) is 1.37. The molecule has 0 saturated heterocycles. The van der Waals surface area contributed by atoms with Gasteiger partial charge in [-0.2, -0.15) is 9.50 Å². The molecule has 1 aliphatic rings. The molecule has 33 heavy (non-hydrogen) atoms. The zero-order valence-corrected chi connectivity index (χ0v) is 17.9. The molecule has 9 nitrogen and oxygen atoms in total. The molecule has 0 saturated carbocycles. The van der Waals surface area contributed by atoms with Crippen molar-refractivity contribution in [3.8, 4) is 17.1 Å². The smallest absolute Gasteiger partial charge is 0.323 e. The average Bonchev–Trinajstić information content (AvgIpc) is 3.44. The number of thiazole rings is 1. The van der Waals surface area contributed by atoms with Crippen molar-refractivity contribution >= 4 is 39.4 Å². The lowest BCUT2D eigenvalue weighted by molar-refractivity contribution is -0.136. The van der Waals surface area contributed by atoms with Crippen molar-refractivity contribution in [2.45, 2.75) is 0 Å². The highest BCUT2D eigenvalue weighted by Gasteiger charge is 2.35. The van der Waals surface area contributed by atoms with Gasteiger partial charge in [-0.15, -0.1) is 5.10 Å². The molecular formula is C23H16N4O5S. The Bertz CT molecular complexity index is 1540. The SMILES string of the molecule is C=CCOc1ccc(-c2nc3s/c(=C4/C(=O)N(CC(=O)O)c5ccccc54)c(=O)n3n2)cc1. The van der Waals surface area contributed by atoms with Gasteiger partial charge < -0.3 is 9.84 Å². The van der Waals surface area contributed by atoms with Crippen LogP contribution in [0.3, 0.4) is 0 Å². The molecular weight excluding hydrogens is 444 g/mol. The minimum absolute atomic E-state index is 0.166. The Morgan fingerprint density at radius 1 is 1.15 bits per heavy atom. The number of carboxylic acids is 1. The van der Waals surface area contributed by atoms with Crippen LogP contribution >= 0.6 is 11.3 Å². The normalized spacial score (nSPS) is 14.5. The predicted octanol–water partition coefficient (Wildman–Crippen LogP) is 1.73. The van der Waals surface area contributed by atoms with Crippen LogP contribution in [0, 0.1) is 0 Å². The van der Waals surface area contributed by atoms with Gasteiger partial charge in [0.15, 0.2) is 5.82 Å². The quantitative estimate of drug-likeness (QED) is 0.436. The van der Waals surface area contributed by atoms with E-state index in [1.807, 2.05) is 0 Å². The van der Waals surface area contributed by atoms with Crippen LogP contribution in [0.4, 0.5) is 5.69 Å². The number of hydrogen-bond acceptors (Lipinski definition) is 7. The first-order chi connectivity index (χ1) is 16.0. The lowest BCUT2D eigenvalue weighted by atomic mass is 10.1. The number of amides is 1. The molecule has 2 aromatic carbocycles. The summed E-state index contributed by atoms with van der Waals surface area (Å²) in [5.74, 6) is -0.631. The number of benzene rings is 2. The van der Waals surface area contributed by atoms with Crippen LogP contribution in [0.15, 0.2) is 66.0 Å². The molecule has 0 radical (unpaired) electrons. The van der Waals surface area contributed by atoms with Gasteiger partial charge in [-0.25, -0.2) is 0 Å². The summed E-state index contributed by atoms with van der Waals surface area (Å²) < 4.78 is 6.81. The van der Waals surface area contributed by atoms with E-state index in [4.69, 9.17) is 4.74 Å². The van der Waals surface area contributed by atoms with Gasteiger partial charge in [-0.1, -0.05) is 42.2 Å². The summed E-state index contributed by atoms with van der Waals surface area (Å²) in [5, 5.41) is 13.5. The van der Waals surface area contributed by atoms with Gasteiger partial charge in [0.25, 0.3) is 11.5 Å². The van der Waals surface area contributed by atoms with Crippen molar-refractivity contribution in [3.63, 3.8) is 0 Å². The first-order valence-electron chi connectivity index (χ1n) is 9.89. The fourth-order valence-electron chi connectivity index (χ4n) is 3.65. The molecule has 2 aromatic heterocycles. The highest BCUT2D eigenvalue weighted by Crippen LogP contribution is 2.35. The maximum Gasteiger partial charge on any atom is 0.323 e. The number of carboxylic acid groups (broad SMARTS) is 1. The summed E-state index contributed by atoms with van der Waals surface area (Å²) in [4.78, 5) is 43.4. The Balaban J connectivity index is 1.59. The Morgan fingerprint density at radius 3 is 2.61 bits per heavy atom. The number of carbonyl (C=O) groups excluding carboxylic acids is 1. The molecule has 3 heterocycles. The van der Waals surface area contributed by atoms with Gasteiger partial charge in [-0.3, -0.25) is 19.3 Å². The molecule has 0 atom stereocenters. The summed E-state index contributed by atoms with van der Waals surface area (Å²) in [6.45, 7) is 3.51. The molecule has 1 amide bonds. The van der Waals surface area contributed by atoms with Crippen molar-refractivity contribution in [2.75, 3.05) is 18.1 Å². The van der Waals surface area contributed by atoms with Crippen LogP contribution < -0.4 is 19.7 Å². The third kappa shape index (κ3) is 3.46. The fraction of sp³-hybridized carbons (Fsp3) is 0.0870. The van der Waals surface area contributed by atoms with Crippen molar-refractivity contribution in [2.24, 2.45) is 0 Å². The molecule has 0 bridgehead atoms. The fourth-order valence-corrected chi connectivity index (χ4v) is 4.65. The summed E-state index contributed by atoms with van der Waals surface area (Å²) in [6, 6.07) is 13.9. The second-order valence-corrected chi connectivity index (χ2v) is 8.14. The number of fused-ring (bicyclic) bond motifs is 2. The van der Waals surface area contributed by atoms with E-state index >= 15 is 0 Å². The number of hydrogen-bond donors (Lipinski definition) is 1. The molecule has 1 N–H and O–H groups in total. The molecule has 0 unspecified atom stereocenters.